The number of carbonyl (C=O) groups is 1. The first-order valence-corrected chi connectivity index (χ1v) is 6.86. The van der Waals surface area contributed by atoms with Gasteiger partial charge in [-0.3, -0.25) is 4.79 Å². The minimum absolute atomic E-state index is 0.0197. The molecule has 0 spiro atoms. The van der Waals surface area contributed by atoms with Crippen molar-refractivity contribution >= 4 is 5.91 Å². The van der Waals surface area contributed by atoms with Gasteiger partial charge in [0.1, 0.15) is 5.75 Å². The molecule has 1 aromatic rings. The van der Waals surface area contributed by atoms with Crippen molar-refractivity contribution in [2.24, 2.45) is 0 Å². The van der Waals surface area contributed by atoms with Gasteiger partial charge in [-0.25, -0.2) is 0 Å². The molecule has 5 heteroatoms. The number of rotatable bonds is 9. The van der Waals surface area contributed by atoms with Crippen LogP contribution in [0.1, 0.15) is 18.1 Å². The highest BCUT2D eigenvalue weighted by Gasteiger charge is 2.07. The smallest absolute Gasteiger partial charge is 0.258 e. The Balaban J connectivity index is 2.51. The summed E-state index contributed by atoms with van der Waals surface area (Å²) >= 11 is 0. The van der Waals surface area contributed by atoms with Gasteiger partial charge in [-0.1, -0.05) is 24.6 Å². The molecule has 0 heterocycles. The second-order valence-electron chi connectivity index (χ2n) is 4.52. The minimum Gasteiger partial charge on any atom is -0.483 e. The van der Waals surface area contributed by atoms with Gasteiger partial charge in [-0.2, -0.15) is 0 Å². The van der Waals surface area contributed by atoms with Crippen LogP contribution in [0.25, 0.3) is 0 Å². The molecule has 112 valence electrons. The van der Waals surface area contributed by atoms with E-state index in [2.05, 4.69) is 23.6 Å². The zero-order valence-corrected chi connectivity index (χ0v) is 12.5. The fourth-order valence-electron chi connectivity index (χ4n) is 1.73. The van der Waals surface area contributed by atoms with E-state index in [0.717, 1.165) is 24.4 Å². The maximum atomic E-state index is 11.6. The molecule has 0 unspecified atom stereocenters. The Bertz CT molecular complexity index is 422. The Morgan fingerprint density at radius 3 is 2.85 bits per heavy atom. The van der Waals surface area contributed by atoms with Crippen LogP contribution in [-0.2, 0) is 16.1 Å². The third-order valence-corrected chi connectivity index (χ3v) is 2.77. The van der Waals surface area contributed by atoms with Crippen molar-refractivity contribution in [2.75, 3.05) is 33.4 Å². The third kappa shape index (κ3) is 6.04. The van der Waals surface area contributed by atoms with Gasteiger partial charge in [-0.15, -0.1) is 0 Å². The number of benzene rings is 1. The molecule has 20 heavy (non-hydrogen) atoms. The van der Waals surface area contributed by atoms with Crippen LogP contribution >= 0.6 is 0 Å². The van der Waals surface area contributed by atoms with Crippen LogP contribution in [-0.4, -0.2) is 39.3 Å². The van der Waals surface area contributed by atoms with E-state index in [1.165, 1.54) is 5.56 Å². The quantitative estimate of drug-likeness (QED) is 0.668. The van der Waals surface area contributed by atoms with E-state index in [-0.39, 0.29) is 12.5 Å². The average molecular weight is 280 g/mol. The van der Waals surface area contributed by atoms with Crippen LogP contribution < -0.4 is 15.4 Å². The largest absolute Gasteiger partial charge is 0.483 e. The summed E-state index contributed by atoms with van der Waals surface area (Å²) in [7, 11) is 1.60. The van der Waals surface area contributed by atoms with Gasteiger partial charge < -0.3 is 20.1 Å². The van der Waals surface area contributed by atoms with E-state index >= 15 is 0 Å². The monoisotopic (exact) mass is 280 g/mol. The average Bonchev–Trinajstić information content (AvgIpc) is 2.44. The van der Waals surface area contributed by atoms with Crippen molar-refractivity contribution in [3.05, 3.63) is 29.3 Å². The lowest BCUT2D eigenvalue weighted by atomic mass is 10.1. The Morgan fingerprint density at radius 2 is 2.15 bits per heavy atom. The van der Waals surface area contributed by atoms with Crippen LogP contribution in [0.3, 0.4) is 0 Å². The molecule has 5 nitrogen and oxygen atoms in total. The van der Waals surface area contributed by atoms with Gasteiger partial charge in [0.15, 0.2) is 6.61 Å². The maximum absolute atomic E-state index is 11.6. The molecule has 0 aliphatic heterocycles. The van der Waals surface area contributed by atoms with Crippen molar-refractivity contribution in [2.45, 2.75) is 20.4 Å². The van der Waals surface area contributed by atoms with E-state index < -0.39 is 0 Å². The molecule has 1 rings (SSSR count). The summed E-state index contributed by atoms with van der Waals surface area (Å²) < 4.78 is 10.5. The number of hydrogen-bond acceptors (Lipinski definition) is 4. The first kappa shape index (κ1) is 16.5. The van der Waals surface area contributed by atoms with Crippen LogP contribution in [0.2, 0.25) is 0 Å². The Hall–Kier alpha value is -1.59. The minimum atomic E-state index is -0.142. The van der Waals surface area contributed by atoms with E-state index in [0.29, 0.717) is 13.2 Å². The van der Waals surface area contributed by atoms with Crippen molar-refractivity contribution in [1.29, 1.82) is 0 Å². The second-order valence-corrected chi connectivity index (χ2v) is 4.52. The number of carbonyl (C=O) groups excluding carboxylic acids is 1. The van der Waals surface area contributed by atoms with Gasteiger partial charge in [0.25, 0.3) is 5.91 Å². The lowest BCUT2D eigenvalue weighted by Crippen LogP contribution is -2.31. The fourth-order valence-corrected chi connectivity index (χ4v) is 1.73. The molecular formula is C15H24N2O3. The van der Waals surface area contributed by atoms with Crippen LogP contribution in [0.15, 0.2) is 18.2 Å². The summed E-state index contributed by atoms with van der Waals surface area (Å²) in [6, 6.07) is 5.96. The van der Waals surface area contributed by atoms with Gasteiger partial charge >= 0.3 is 0 Å². The van der Waals surface area contributed by atoms with E-state index in [9.17, 15) is 4.79 Å². The van der Waals surface area contributed by atoms with E-state index in [1.54, 1.807) is 7.11 Å². The summed E-state index contributed by atoms with van der Waals surface area (Å²) in [5.74, 6) is 0.607. The summed E-state index contributed by atoms with van der Waals surface area (Å²) in [5.41, 5.74) is 2.24. The molecule has 0 bridgehead atoms. The Kier molecular flexibility index (Phi) is 7.69. The normalized spacial score (nSPS) is 10.3. The van der Waals surface area contributed by atoms with Crippen LogP contribution in [0.4, 0.5) is 0 Å². The molecule has 0 saturated heterocycles. The zero-order chi connectivity index (χ0) is 14.8. The SMILES string of the molecule is CCNCc1cc(C)ccc1OCC(=O)NCCOC. The maximum Gasteiger partial charge on any atom is 0.258 e. The Morgan fingerprint density at radius 1 is 1.35 bits per heavy atom. The number of methoxy groups -OCH3 is 1. The fraction of sp³-hybridized carbons (Fsp3) is 0.533. The van der Waals surface area contributed by atoms with Gasteiger partial charge in [0.2, 0.25) is 0 Å². The van der Waals surface area contributed by atoms with E-state index in [4.69, 9.17) is 9.47 Å². The molecular weight excluding hydrogens is 256 g/mol. The molecule has 0 saturated carbocycles. The molecule has 1 aromatic carbocycles. The molecule has 0 radical (unpaired) electrons. The lowest BCUT2D eigenvalue weighted by molar-refractivity contribution is -0.123. The Labute approximate surface area is 120 Å². The van der Waals surface area contributed by atoms with Crippen molar-refractivity contribution < 1.29 is 14.3 Å². The first-order chi connectivity index (χ1) is 9.67. The summed E-state index contributed by atoms with van der Waals surface area (Å²) in [5, 5.41) is 5.99. The number of ether oxygens (including phenoxy) is 2. The number of amides is 1. The summed E-state index contributed by atoms with van der Waals surface area (Å²) in [4.78, 5) is 11.6. The summed E-state index contributed by atoms with van der Waals surface area (Å²) in [6.45, 7) is 6.74. The zero-order valence-electron chi connectivity index (χ0n) is 12.5. The standard InChI is InChI=1S/C15H24N2O3/c1-4-16-10-13-9-12(2)5-6-14(13)20-11-15(18)17-7-8-19-3/h5-6,9,16H,4,7-8,10-11H2,1-3H3,(H,17,18). The topological polar surface area (TPSA) is 59.6 Å². The number of aryl methyl sites for hydroxylation is 1. The summed E-state index contributed by atoms with van der Waals surface area (Å²) in [6.07, 6.45) is 0. The highest BCUT2D eigenvalue weighted by Crippen LogP contribution is 2.19. The predicted octanol–water partition coefficient (Wildman–Crippen LogP) is 1.25. The molecule has 0 aliphatic carbocycles. The predicted molar refractivity (Wildman–Crippen MR) is 78.9 cm³/mol. The van der Waals surface area contributed by atoms with Crippen LogP contribution in [0, 0.1) is 6.92 Å². The molecule has 1 amide bonds. The first-order valence-electron chi connectivity index (χ1n) is 6.86. The van der Waals surface area contributed by atoms with Crippen molar-refractivity contribution in [1.82, 2.24) is 10.6 Å². The second kappa shape index (κ2) is 9.34. The van der Waals surface area contributed by atoms with Gasteiger partial charge in [0.05, 0.1) is 6.61 Å². The van der Waals surface area contributed by atoms with Gasteiger partial charge in [0, 0.05) is 25.8 Å². The van der Waals surface area contributed by atoms with Crippen molar-refractivity contribution in [3.8, 4) is 5.75 Å². The number of nitrogens with one attached hydrogen (secondary N) is 2. The highest BCUT2D eigenvalue weighted by molar-refractivity contribution is 5.77. The molecule has 0 aromatic heterocycles. The molecule has 0 atom stereocenters. The van der Waals surface area contributed by atoms with Gasteiger partial charge in [-0.05, 0) is 19.5 Å². The molecule has 2 N–H and O–H groups in total. The molecule has 0 fully saturated rings. The highest BCUT2D eigenvalue weighted by atomic mass is 16.5. The van der Waals surface area contributed by atoms with E-state index in [1.807, 2.05) is 19.1 Å². The number of hydrogen-bond donors (Lipinski definition) is 2. The van der Waals surface area contributed by atoms with Crippen molar-refractivity contribution in [3.63, 3.8) is 0 Å². The third-order valence-electron chi connectivity index (χ3n) is 2.77. The van der Waals surface area contributed by atoms with Crippen LogP contribution in [0.5, 0.6) is 5.75 Å². The molecule has 0 aliphatic rings. The lowest BCUT2D eigenvalue weighted by Gasteiger charge is -2.12.